The molecule has 0 saturated carbocycles. The zero-order chi connectivity index (χ0) is 15.8. The molecule has 23 heavy (non-hydrogen) atoms. The number of hydrogen-bond acceptors (Lipinski definition) is 5. The predicted octanol–water partition coefficient (Wildman–Crippen LogP) is 0.334. The number of aliphatic hydroxyl groups is 1. The van der Waals surface area contributed by atoms with Gasteiger partial charge in [-0.05, 0) is 6.07 Å². The van der Waals surface area contributed by atoms with Gasteiger partial charge < -0.3 is 24.9 Å². The van der Waals surface area contributed by atoms with E-state index in [0.717, 1.165) is 5.56 Å². The maximum absolute atomic E-state index is 12.7. The number of imidazole rings is 1. The van der Waals surface area contributed by atoms with Gasteiger partial charge in [0.05, 0.1) is 24.8 Å². The quantitative estimate of drug-likeness (QED) is 0.759. The highest BCUT2D eigenvalue weighted by molar-refractivity contribution is 6.00. The van der Waals surface area contributed by atoms with Crippen LogP contribution in [0, 0.1) is 0 Å². The highest BCUT2D eigenvalue weighted by Crippen LogP contribution is 2.27. The Labute approximate surface area is 132 Å². The van der Waals surface area contributed by atoms with Crippen molar-refractivity contribution < 1.29 is 19.4 Å². The van der Waals surface area contributed by atoms with Crippen molar-refractivity contribution in [3.63, 3.8) is 0 Å². The fourth-order valence-electron chi connectivity index (χ4n) is 3.15. The molecule has 2 aromatic rings. The summed E-state index contributed by atoms with van der Waals surface area (Å²) in [6.07, 6.45) is 2.07. The molecule has 2 saturated heterocycles. The summed E-state index contributed by atoms with van der Waals surface area (Å²) in [6, 6.07) is 7.00. The molecule has 2 fully saturated rings. The van der Waals surface area contributed by atoms with Crippen LogP contribution in [0.5, 0.6) is 0 Å². The summed E-state index contributed by atoms with van der Waals surface area (Å²) in [4.78, 5) is 19.9. The summed E-state index contributed by atoms with van der Waals surface area (Å²) < 4.78 is 11.1. The molecule has 3 heterocycles. The molecule has 1 aromatic heterocycles. The minimum atomic E-state index is -0.627. The minimum absolute atomic E-state index is 0.212. The Bertz CT molecular complexity index is 703. The first kappa shape index (κ1) is 14.4. The van der Waals surface area contributed by atoms with Crippen LogP contribution in [0.4, 0.5) is 0 Å². The summed E-state index contributed by atoms with van der Waals surface area (Å²) in [6.45, 7) is 0.575. The summed E-state index contributed by atoms with van der Waals surface area (Å²) in [5.41, 5.74) is 1.27. The number of aromatic amines is 1. The number of rotatable bonds is 3. The summed E-state index contributed by atoms with van der Waals surface area (Å²) in [5.74, 6) is 0.431. The van der Waals surface area contributed by atoms with Crippen LogP contribution < -0.4 is 5.32 Å². The highest BCUT2D eigenvalue weighted by Gasteiger charge is 2.47. The van der Waals surface area contributed by atoms with E-state index in [1.54, 1.807) is 18.5 Å². The second-order valence-corrected chi connectivity index (χ2v) is 5.73. The number of nitrogens with zero attached hydrogens (tertiary/aromatic N) is 1. The SMILES string of the molecule is O=C(N[C@@H]1CO[C@H]2[C@@H]1OC[C@H]2O)c1ccccc1-c1ncc[nH]1. The molecule has 2 aliphatic rings. The summed E-state index contributed by atoms with van der Waals surface area (Å²) in [5, 5.41) is 12.7. The average molecular weight is 315 g/mol. The van der Waals surface area contributed by atoms with Gasteiger partial charge in [-0.15, -0.1) is 0 Å². The molecule has 0 aliphatic carbocycles. The molecular weight excluding hydrogens is 298 g/mol. The lowest BCUT2D eigenvalue weighted by molar-refractivity contribution is 0.0178. The second-order valence-electron chi connectivity index (χ2n) is 5.73. The molecule has 1 aromatic carbocycles. The zero-order valence-electron chi connectivity index (χ0n) is 12.3. The number of aromatic nitrogens is 2. The number of amides is 1. The van der Waals surface area contributed by atoms with Gasteiger partial charge in [0.2, 0.25) is 0 Å². The third kappa shape index (κ3) is 2.52. The summed E-state index contributed by atoms with van der Waals surface area (Å²) in [7, 11) is 0. The van der Waals surface area contributed by atoms with Crippen LogP contribution in [0.2, 0.25) is 0 Å². The van der Waals surface area contributed by atoms with Crippen molar-refractivity contribution in [1.29, 1.82) is 0 Å². The Kier molecular flexibility index (Phi) is 3.60. The van der Waals surface area contributed by atoms with Gasteiger partial charge in [0.25, 0.3) is 5.91 Å². The van der Waals surface area contributed by atoms with Crippen molar-refractivity contribution >= 4 is 5.91 Å². The van der Waals surface area contributed by atoms with Crippen LogP contribution in [0.1, 0.15) is 10.4 Å². The highest BCUT2D eigenvalue weighted by atomic mass is 16.6. The topological polar surface area (TPSA) is 96.5 Å². The van der Waals surface area contributed by atoms with E-state index in [2.05, 4.69) is 15.3 Å². The molecule has 4 rings (SSSR count). The molecule has 0 radical (unpaired) electrons. The van der Waals surface area contributed by atoms with Gasteiger partial charge in [0, 0.05) is 18.0 Å². The van der Waals surface area contributed by atoms with E-state index < -0.39 is 6.10 Å². The molecule has 2 aliphatic heterocycles. The zero-order valence-corrected chi connectivity index (χ0v) is 12.3. The molecule has 1 amide bonds. The number of ether oxygens (including phenoxy) is 2. The van der Waals surface area contributed by atoms with Crippen molar-refractivity contribution in [2.75, 3.05) is 13.2 Å². The van der Waals surface area contributed by atoms with E-state index in [-0.39, 0.29) is 30.8 Å². The normalized spacial score (nSPS) is 29.4. The molecule has 7 heteroatoms. The number of aliphatic hydroxyl groups excluding tert-OH is 1. The van der Waals surface area contributed by atoms with Gasteiger partial charge in [-0.25, -0.2) is 4.98 Å². The van der Waals surface area contributed by atoms with Crippen LogP contribution in [-0.4, -0.2) is 58.5 Å². The fraction of sp³-hybridized carbons (Fsp3) is 0.375. The van der Waals surface area contributed by atoms with Crippen LogP contribution in [-0.2, 0) is 9.47 Å². The third-order valence-corrected chi connectivity index (χ3v) is 4.27. The standard InChI is InChI=1S/C16H17N3O4/c20-12-8-23-13-11(7-22-14(12)13)19-16(21)10-4-2-1-3-9(10)15-17-5-6-18-15/h1-6,11-14,20H,7-8H2,(H,17,18)(H,19,21)/t11-,12-,13-,14-/m1/s1. The predicted molar refractivity (Wildman–Crippen MR) is 80.8 cm³/mol. The number of fused-ring (bicyclic) bond motifs is 1. The lowest BCUT2D eigenvalue weighted by Gasteiger charge is -2.18. The van der Waals surface area contributed by atoms with Gasteiger partial charge in [0.15, 0.2) is 0 Å². The lowest BCUT2D eigenvalue weighted by atomic mass is 10.0. The minimum Gasteiger partial charge on any atom is -0.388 e. The van der Waals surface area contributed by atoms with E-state index in [9.17, 15) is 9.90 Å². The van der Waals surface area contributed by atoms with Crippen molar-refractivity contribution in [2.24, 2.45) is 0 Å². The van der Waals surface area contributed by atoms with E-state index in [1.165, 1.54) is 0 Å². The lowest BCUT2D eigenvalue weighted by Crippen LogP contribution is -2.44. The number of carbonyl (C=O) groups is 1. The van der Waals surface area contributed by atoms with E-state index in [0.29, 0.717) is 18.0 Å². The van der Waals surface area contributed by atoms with E-state index >= 15 is 0 Å². The second kappa shape index (κ2) is 5.77. The summed E-state index contributed by atoms with van der Waals surface area (Å²) >= 11 is 0. The Hall–Kier alpha value is -2.22. The molecule has 0 bridgehead atoms. The van der Waals surface area contributed by atoms with Crippen molar-refractivity contribution in [1.82, 2.24) is 15.3 Å². The molecular formula is C16H17N3O4. The van der Waals surface area contributed by atoms with Gasteiger partial charge in [-0.3, -0.25) is 4.79 Å². The third-order valence-electron chi connectivity index (χ3n) is 4.27. The first-order valence-corrected chi connectivity index (χ1v) is 7.55. The van der Waals surface area contributed by atoms with Gasteiger partial charge in [0.1, 0.15) is 24.1 Å². The monoisotopic (exact) mass is 315 g/mol. The Morgan fingerprint density at radius 3 is 2.91 bits per heavy atom. The van der Waals surface area contributed by atoms with Crippen LogP contribution >= 0.6 is 0 Å². The van der Waals surface area contributed by atoms with Gasteiger partial charge in [-0.1, -0.05) is 18.2 Å². The molecule has 0 spiro atoms. The van der Waals surface area contributed by atoms with Crippen molar-refractivity contribution in [2.45, 2.75) is 24.4 Å². The van der Waals surface area contributed by atoms with E-state index in [1.807, 2.05) is 18.2 Å². The molecule has 4 atom stereocenters. The number of nitrogens with one attached hydrogen (secondary N) is 2. The first-order valence-electron chi connectivity index (χ1n) is 7.55. The molecule has 120 valence electrons. The van der Waals surface area contributed by atoms with Gasteiger partial charge in [-0.2, -0.15) is 0 Å². The molecule has 7 nitrogen and oxygen atoms in total. The smallest absolute Gasteiger partial charge is 0.252 e. The number of H-pyrrole nitrogens is 1. The van der Waals surface area contributed by atoms with Crippen molar-refractivity contribution in [3.05, 3.63) is 42.2 Å². The van der Waals surface area contributed by atoms with E-state index in [4.69, 9.17) is 9.47 Å². The number of carbonyl (C=O) groups excluding carboxylic acids is 1. The maximum atomic E-state index is 12.7. The Balaban J connectivity index is 1.54. The van der Waals surface area contributed by atoms with Crippen LogP contribution in [0.15, 0.2) is 36.7 Å². The molecule has 0 unspecified atom stereocenters. The average Bonchev–Trinajstić information content (AvgIpc) is 3.28. The van der Waals surface area contributed by atoms with Crippen LogP contribution in [0.25, 0.3) is 11.4 Å². The number of benzene rings is 1. The van der Waals surface area contributed by atoms with Crippen molar-refractivity contribution in [3.8, 4) is 11.4 Å². The first-order chi connectivity index (χ1) is 11.2. The Morgan fingerprint density at radius 1 is 1.26 bits per heavy atom. The van der Waals surface area contributed by atoms with Gasteiger partial charge >= 0.3 is 0 Å². The fourth-order valence-corrected chi connectivity index (χ4v) is 3.15. The largest absolute Gasteiger partial charge is 0.388 e. The Morgan fingerprint density at radius 2 is 2.09 bits per heavy atom. The van der Waals surface area contributed by atoms with Crippen LogP contribution in [0.3, 0.4) is 0 Å². The molecule has 3 N–H and O–H groups in total. The number of hydrogen-bond donors (Lipinski definition) is 3. The maximum Gasteiger partial charge on any atom is 0.252 e.